The Morgan fingerprint density at radius 3 is 2.48 bits per heavy atom. The van der Waals surface area contributed by atoms with Gasteiger partial charge in [0.2, 0.25) is 0 Å². The molecule has 1 fully saturated rings. The Morgan fingerprint density at radius 2 is 1.82 bits per heavy atom. The van der Waals surface area contributed by atoms with Gasteiger partial charge < -0.3 is 19.9 Å². The number of ether oxygens (including phenoxy) is 2. The maximum atomic E-state index is 14.7. The second-order valence-electron chi connectivity index (χ2n) is 9.47. The summed E-state index contributed by atoms with van der Waals surface area (Å²) in [6.07, 6.45) is 2.43. The second kappa shape index (κ2) is 12.6. The fourth-order valence-corrected chi connectivity index (χ4v) is 5.87. The maximum Gasteiger partial charge on any atom is 0.255 e. The first kappa shape index (κ1) is 27.8. The van der Waals surface area contributed by atoms with Crippen LogP contribution in [0.2, 0.25) is 0 Å². The third-order valence-corrected chi connectivity index (χ3v) is 8.04. The van der Waals surface area contributed by atoms with Crippen LogP contribution in [0.15, 0.2) is 79.4 Å². The van der Waals surface area contributed by atoms with Crippen LogP contribution >= 0.6 is 11.8 Å². The number of nitrogens with one attached hydrogen (secondary N) is 1. The molecular formula is C29H28F2N4O4S. The maximum absolute atomic E-state index is 14.7. The van der Waals surface area contributed by atoms with Crippen molar-refractivity contribution in [3.63, 3.8) is 0 Å². The molecule has 0 radical (unpaired) electrons. The number of halogens is 2. The number of aromatic nitrogens is 3. The molecule has 11 heteroatoms. The first-order valence-electron chi connectivity index (χ1n) is 12.7. The highest BCUT2D eigenvalue weighted by molar-refractivity contribution is 8.00. The van der Waals surface area contributed by atoms with E-state index in [-0.39, 0.29) is 28.1 Å². The first-order chi connectivity index (χ1) is 19.4. The summed E-state index contributed by atoms with van der Waals surface area (Å²) in [5, 5.41) is 16.3. The summed E-state index contributed by atoms with van der Waals surface area (Å²) >= 11 is 1.62. The number of phenols is 1. The molecule has 1 saturated heterocycles. The number of benzene rings is 3. The zero-order valence-corrected chi connectivity index (χ0v) is 22.4. The van der Waals surface area contributed by atoms with E-state index in [9.17, 15) is 18.7 Å². The third kappa shape index (κ3) is 6.85. The first-order valence-corrected chi connectivity index (χ1v) is 13.7. The van der Waals surface area contributed by atoms with Gasteiger partial charge in [0.05, 0.1) is 25.0 Å². The lowest BCUT2D eigenvalue weighted by Gasteiger charge is -2.33. The Kier molecular flexibility index (Phi) is 8.73. The molecule has 0 saturated carbocycles. The van der Waals surface area contributed by atoms with Crippen molar-refractivity contribution in [1.82, 2.24) is 14.8 Å². The van der Waals surface area contributed by atoms with Crippen molar-refractivity contribution in [2.24, 2.45) is 0 Å². The van der Waals surface area contributed by atoms with Crippen LogP contribution in [0.4, 0.5) is 14.5 Å². The van der Waals surface area contributed by atoms with Crippen molar-refractivity contribution in [3.05, 3.63) is 108 Å². The number of hydrogen-bond acceptors (Lipinski definition) is 7. The number of amides is 1. The molecule has 40 heavy (non-hydrogen) atoms. The lowest BCUT2D eigenvalue weighted by Crippen LogP contribution is -2.32. The highest BCUT2D eigenvalue weighted by Gasteiger charge is 2.30. The second-order valence-corrected chi connectivity index (χ2v) is 11.2. The molecular weight excluding hydrogens is 538 g/mol. The Morgan fingerprint density at radius 1 is 1.10 bits per heavy atom. The summed E-state index contributed by atoms with van der Waals surface area (Å²) in [4.78, 5) is 16.5. The molecule has 4 aromatic rings. The minimum Gasteiger partial charge on any atom is -0.508 e. The van der Waals surface area contributed by atoms with Crippen LogP contribution in [0.1, 0.15) is 40.6 Å². The topological polar surface area (TPSA) is 98.5 Å². The monoisotopic (exact) mass is 566 g/mol. The summed E-state index contributed by atoms with van der Waals surface area (Å²) < 4.78 is 41.9. The molecule has 0 bridgehead atoms. The normalized spacial score (nSPS) is 18.7. The van der Waals surface area contributed by atoms with Crippen molar-refractivity contribution in [2.75, 3.05) is 18.5 Å². The molecule has 0 aliphatic carbocycles. The molecule has 2 N–H and O–H groups in total. The van der Waals surface area contributed by atoms with Gasteiger partial charge in [-0.15, -0.1) is 11.8 Å². The van der Waals surface area contributed by atoms with Crippen LogP contribution in [-0.2, 0) is 16.0 Å². The van der Waals surface area contributed by atoms with E-state index in [4.69, 9.17) is 9.47 Å². The minimum atomic E-state index is -0.618. The molecule has 1 aromatic heterocycles. The molecule has 2 atom stereocenters. The van der Waals surface area contributed by atoms with E-state index in [2.05, 4.69) is 15.4 Å². The van der Waals surface area contributed by atoms with Gasteiger partial charge in [-0.25, -0.2) is 13.8 Å². The van der Waals surface area contributed by atoms with Gasteiger partial charge in [0, 0.05) is 34.0 Å². The van der Waals surface area contributed by atoms with Crippen molar-refractivity contribution >= 4 is 23.4 Å². The fraction of sp³-hybridized carbons (Fsp3) is 0.276. The zero-order valence-electron chi connectivity index (χ0n) is 21.6. The van der Waals surface area contributed by atoms with E-state index in [1.165, 1.54) is 30.6 Å². The van der Waals surface area contributed by atoms with E-state index < -0.39 is 17.9 Å². The lowest BCUT2D eigenvalue weighted by atomic mass is 9.95. The number of hydrogen-bond donors (Lipinski definition) is 2. The smallest absolute Gasteiger partial charge is 0.255 e. The number of thioether (sulfide) groups is 1. The standard InChI is InChI=1S/C29H28F2N4O4S/c1-18(26(13-35-17-32-16-33-35)25-11-6-21(30)12-27(25)31)40-24-14-38-29(39-15-24)20-4-2-19(3-5-20)28(37)34-22-7-9-23(36)10-8-22/h2-12,16-18,24,26,29,36H,13-15H2,1H3,(H,34,37)/t18-,24?,26+,29?/m1/s1. The SMILES string of the molecule is C[C@@H](SC1COC(c2ccc(C(=O)Nc3ccc(O)cc3)cc2)OC1)[C@H](Cn1cncn1)c1ccc(F)cc1F. The predicted octanol–water partition coefficient (Wildman–Crippen LogP) is 5.53. The highest BCUT2D eigenvalue weighted by atomic mass is 32.2. The van der Waals surface area contributed by atoms with Crippen LogP contribution in [0, 0.1) is 11.6 Å². The van der Waals surface area contributed by atoms with Gasteiger partial charge in [-0.05, 0) is 48.0 Å². The largest absolute Gasteiger partial charge is 0.508 e. The number of rotatable bonds is 9. The number of aromatic hydroxyl groups is 1. The van der Waals surface area contributed by atoms with E-state index in [1.54, 1.807) is 59.2 Å². The van der Waals surface area contributed by atoms with Crippen molar-refractivity contribution in [1.29, 1.82) is 0 Å². The fourth-order valence-electron chi connectivity index (χ4n) is 4.53. The van der Waals surface area contributed by atoms with Crippen LogP contribution in [0.25, 0.3) is 0 Å². The van der Waals surface area contributed by atoms with E-state index in [1.807, 2.05) is 6.92 Å². The number of carbonyl (C=O) groups is 1. The summed E-state index contributed by atoms with van der Waals surface area (Å²) in [5.74, 6) is -1.64. The zero-order chi connectivity index (χ0) is 28.1. The molecule has 3 aromatic carbocycles. The van der Waals surface area contributed by atoms with Crippen LogP contribution in [0.3, 0.4) is 0 Å². The van der Waals surface area contributed by atoms with Gasteiger partial charge in [-0.3, -0.25) is 9.48 Å². The lowest BCUT2D eigenvalue weighted by molar-refractivity contribution is -0.179. The number of phenolic OH excluding ortho intramolecular Hbond substituents is 1. The van der Waals surface area contributed by atoms with Gasteiger partial charge in [0.1, 0.15) is 30.0 Å². The molecule has 1 aliphatic rings. The number of anilines is 1. The molecule has 208 valence electrons. The quantitative estimate of drug-likeness (QED) is 0.257. The van der Waals surface area contributed by atoms with Gasteiger partial charge >= 0.3 is 0 Å². The van der Waals surface area contributed by atoms with E-state index in [0.29, 0.717) is 36.6 Å². The molecule has 8 nitrogen and oxygen atoms in total. The molecule has 1 aliphatic heterocycles. The highest BCUT2D eigenvalue weighted by Crippen LogP contribution is 2.36. The van der Waals surface area contributed by atoms with Crippen LogP contribution in [-0.4, -0.2) is 49.5 Å². The van der Waals surface area contributed by atoms with Gasteiger partial charge in [0.15, 0.2) is 6.29 Å². The molecule has 0 spiro atoms. The third-order valence-electron chi connectivity index (χ3n) is 6.62. The average Bonchev–Trinajstić information content (AvgIpc) is 3.47. The molecule has 2 heterocycles. The Labute approximate surface area is 234 Å². The number of carbonyl (C=O) groups excluding carboxylic acids is 1. The van der Waals surface area contributed by atoms with Crippen LogP contribution < -0.4 is 5.32 Å². The van der Waals surface area contributed by atoms with E-state index in [0.717, 1.165) is 11.6 Å². The number of nitrogens with zero attached hydrogens (tertiary/aromatic N) is 3. The van der Waals surface area contributed by atoms with Gasteiger partial charge in [0.25, 0.3) is 5.91 Å². The van der Waals surface area contributed by atoms with Gasteiger partial charge in [-0.1, -0.05) is 25.1 Å². The Bertz CT molecular complexity index is 1410. The predicted molar refractivity (Wildman–Crippen MR) is 147 cm³/mol. The van der Waals surface area contributed by atoms with Crippen LogP contribution in [0.5, 0.6) is 5.75 Å². The Hall–Kier alpha value is -3.80. The minimum absolute atomic E-state index is 0.00312. The van der Waals surface area contributed by atoms with Crippen molar-refractivity contribution < 1.29 is 28.2 Å². The molecule has 1 amide bonds. The van der Waals surface area contributed by atoms with Crippen molar-refractivity contribution in [2.45, 2.75) is 36.2 Å². The summed E-state index contributed by atoms with van der Waals surface area (Å²) in [5.41, 5.74) is 2.26. The molecule has 5 rings (SSSR count). The summed E-state index contributed by atoms with van der Waals surface area (Å²) in [6.45, 7) is 3.24. The van der Waals surface area contributed by atoms with Crippen molar-refractivity contribution in [3.8, 4) is 5.75 Å². The summed E-state index contributed by atoms with van der Waals surface area (Å²) in [7, 11) is 0. The average molecular weight is 567 g/mol. The molecule has 0 unspecified atom stereocenters. The van der Waals surface area contributed by atoms with E-state index >= 15 is 0 Å². The van der Waals surface area contributed by atoms with Gasteiger partial charge in [-0.2, -0.15) is 5.10 Å². The summed E-state index contributed by atoms with van der Waals surface area (Å²) in [6, 6.07) is 16.9. The Balaban J connectivity index is 1.17.